The maximum atomic E-state index is 11.4. The summed E-state index contributed by atoms with van der Waals surface area (Å²) in [7, 11) is 1.21. The first-order valence-corrected chi connectivity index (χ1v) is 4.23. The van der Waals surface area contributed by atoms with Crippen molar-refractivity contribution in [3.63, 3.8) is 0 Å². The van der Waals surface area contributed by atoms with Crippen molar-refractivity contribution in [2.24, 2.45) is 0 Å². The van der Waals surface area contributed by atoms with Gasteiger partial charge >= 0.3 is 0 Å². The van der Waals surface area contributed by atoms with Gasteiger partial charge in [-0.1, -0.05) is 0 Å². The molecule has 15 heavy (non-hydrogen) atoms. The van der Waals surface area contributed by atoms with Gasteiger partial charge in [0.05, 0.1) is 13.5 Å². The van der Waals surface area contributed by atoms with Gasteiger partial charge in [0.25, 0.3) is 11.8 Å². The number of methoxy groups -OCH3 is 1. The molecule has 1 atom stereocenters. The Morgan fingerprint density at radius 3 is 2.67 bits per heavy atom. The number of imide groups is 1. The second-order valence-electron chi connectivity index (χ2n) is 3.27. The normalized spacial score (nSPS) is 25.7. The summed E-state index contributed by atoms with van der Waals surface area (Å²) in [5, 5.41) is 11.8. The lowest BCUT2D eigenvalue weighted by molar-refractivity contribution is -0.148. The Hall–Kier alpha value is -1.69. The molecule has 0 saturated carbocycles. The number of carbonyl (C=O) groups is 3. The minimum atomic E-state index is -2.07. The number of hydrogen-bond acceptors (Lipinski definition) is 5. The molecule has 0 bridgehead atoms. The molecule has 1 aliphatic heterocycles. The number of ketones is 1. The monoisotopic (exact) mass is 213 g/mol. The van der Waals surface area contributed by atoms with Gasteiger partial charge in [-0.15, -0.1) is 0 Å². The van der Waals surface area contributed by atoms with Gasteiger partial charge in [0.2, 0.25) is 5.60 Å². The molecule has 0 aromatic rings. The number of hydrogen-bond donors (Lipinski definition) is 2. The lowest BCUT2D eigenvalue weighted by Gasteiger charge is -2.29. The molecule has 0 aromatic carbocycles. The molecule has 2 amide bonds. The van der Waals surface area contributed by atoms with Crippen LogP contribution in [0.25, 0.3) is 0 Å². The van der Waals surface area contributed by atoms with E-state index in [1.54, 1.807) is 0 Å². The van der Waals surface area contributed by atoms with Crippen LogP contribution in [-0.4, -0.2) is 35.4 Å². The average molecular weight is 213 g/mol. The molecule has 1 heterocycles. The van der Waals surface area contributed by atoms with E-state index in [1.807, 2.05) is 5.32 Å². The van der Waals surface area contributed by atoms with Crippen molar-refractivity contribution in [1.82, 2.24) is 5.32 Å². The lowest BCUT2D eigenvalue weighted by Crippen LogP contribution is -2.54. The van der Waals surface area contributed by atoms with Crippen molar-refractivity contribution >= 4 is 17.6 Å². The quantitative estimate of drug-likeness (QED) is 0.579. The minimum Gasteiger partial charge on any atom is -0.497 e. The summed E-state index contributed by atoms with van der Waals surface area (Å²) in [6, 6.07) is 0. The molecule has 1 unspecified atom stereocenters. The Kier molecular flexibility index (Phi) is 2.90. The van der Waals surface area contributed by atoms with Crippen molar-refractivity contribution < 1.29 is 24.2 Å². The van der Waals surface area contributed by atoms with Crippen LogP contribution in [0.4, 0.5) is 0 Å². The molecule has 0 spiro atoms. The van der Waals surface area contributed by atoms with E-state index in [1.165, 1.54) is 14.0 Å². The molecule has 2 N–H and O–H groups in total. The predicted octanol–water partition coefficient (Wildman–Crippen LogP) is -1.12. The number of nitrogens with one attached hydrogen (secondary N) is 1. The van der Waals surface area contributed by atoms with Crippen molar-refractivity contribution in [2.75, 3.05) is 7.11 Å². The average Bonchev–Trinajstić information content (AvgIpc) is 2.10. The van der Waals surface area contributed by atoms with Crippen molar-refractivity contribution in [3.8, 4) is 0 Å². The molecule has 6 heteroatoms. The zero-order chi connectivity index (χ0) is 11.6. The van der Waals surface area contributed by atoms with Gasteiger partial charge in [0.1, 0.15) is 11.5 Å². The van der Waals surface area contributed by atoms with Gasteiger partial charge < -0.3 is 9.84 Å². The van der Waals surface area contributed by atoms with Gasteiger partial charge in [0.15, 0.2) is 0 Å². The van der Waals surface area contributed by atoms with E-state index in [0.29, 0.717) is 0 Å². The highest BCUT2D eigenvalue weighted by Crippen LogP contribution is 2.25. The van der Waals surface area contributed by atoms with E-state index in [-0.39, 0.29) is 11.5 Å². The molecule has 1 rings (SSSR count). The largest absolute Gasteiger partial charge is 0.497 e. The lowest BCUT2D eigenvalue weighted by atomic mass is 9.91. The molecule has 1 aliphatic rings. The van der Waals surface area contributed by atoms with Crippen LogP contribution in [0.15, 0.2) is 11.8 Å². The van der Waals surface area contributed by atoms with E-state index < -0.39 is 23.8 Å². The molecule has 0 fully saturated rings. The summed E-state index contributed by atoms with van der Waals surface area (Å²) in [5.74, 6) is -2.22. The molecule has 0 aromatic heterocycles. The third-order valence-electron chi connectivity index (χ3n) is 2.01. The molecule has 82 valence electrons. The Morgan fingerprint density at radius 2 is 2.20 bits per heavy atom. The molecule has 6 nitrogen and oxygen atoms in total. The summed E-state index contributed by atoms with van der Waals surface area (Å²) < 4.78 is 4.73. The Morgan fingerprint density at radius 1 is 1.60 bits per heavy atom. The maximum absolute atomic E-state index is 11.4. The van der Waals surface area contributed by atoms with Crippen LogP contribution in [0.5, 0.6) is 0 Å². The summed E-state index contributed by atoms with van der Waals surface area (Å²) >= 11 is 0. The number of ether oxygens (including phenoxy) is 1. The van der Waals surface area contributed by atoms with E-state index in [9.17, 15) is 19.5 Å². The number of aliphatic hydroxyl groups is 1. The fraction of sp³-hybridized carbons (Fsp3) is 0.444. The van der Waals surface area contributed by atoms with Crippen LogP contribution in [0.3, 0.4) is 0 Å². The SMILES string of the molecule is COC1=CC(=O)NC(=O)C1(O)CC(C)=O. The van der Waals surface area contributed by atoms with Crippen molar-refractivity contribution in [3.05, 3.63) is 11.8 Å². The van der Waals surface area contributed by atoms with Crippen molar-refractivity contribution in [2.45, 2.75) is 18.9 Å². The Balaban J connectivity index is 3.12. The van der Waals surface area contributed by atoms with Crippen LogP contribution in [0.1, 0.15) is 13.3 Å². The predicted molar refractivity (Wildman–Crippen MR) is 48.5 cm³/mol. The van der Waals surface area contributed by atoms with Crippen LogP contribution in [0.2, 0.25) is 0 Å². The van der Waals surface area contributed by atoms with Crippen LogP contribution >= 0.6 is 0 Å². The topological polar surface area (TPSA) is 92.7 Å². The number of Topliss-reactive ketones (excluding diaryl/α,β-unsaturated/α-hetero) is 1. The third kappa shape index (κ3) is 2.04. The van der Waals surface area contributed by atoms with E-state index in [2.05, 4.69) is 0 Å². The smallest absolute Gasteiger partial charge is 0.267 e. The highest BCUT2D eigenvalue weighted by molar-refractivity contribution is 6.10. The Bertz CT molecular complexity index is 360. The third-order valence-corrected chi connectivity index (χ3v) is 2.01. The first kappa shape index (κ1) is 11.4. The van der Waals surface area contributed by atoms with Crippen molar-refractivity contribution in [1.29, 1.82) is 0 Å². The van der Waals surface area contributed by atoms with Crippen LogP contribution in [0, 0.1) is 0 Å². The molecular formula is C9H11NO5. The first-order valence-electron chi connectivity index (χ1n) is 4.23. The van der Waals surface area contributed by atoms with Gasteiger partial charge in [-0.2, -0.15) is 0 Å². The highest BCUT2D eigenvalue weighted by Gasteiger charge is 2.46. The zero-order valence-electron chi connectivity index (χ0n) is 8.36. The van der Waals surface area contributed by atoms with Gasteiger partial charge in [-0.25, -0.2) is 0 Å². The second-order valence-corrected chi connectivity index (χ2v) is 3.27. The zero-order valence-corrected chi connectivity index (χ0v) is 8.36. The van der Waals surface area contributed by atoms with Gasteiger partial charge in [-0.3, -0.25) is 19.7 Å². The fourth-order valence-corrected chi connectivity index (χ4v) is 1.36. The summed E-state index contributed by atoms with van der Waals surface area (Å²) in [5.41, 5.74) is -2.07. The maximum Gasteiger partial charge on any atom is 0.267 e. The second kappa shape index (κ2) is 3.82. The summed E-state index contributed by atoms with van der Waals surface area (Å²) in [6.45, 7) is 1.23. The van der Waals surface area contributed by atoms with E-state index >= 15 is 0 Å². The number of carbonyl (C=O) groups excluding carboxylic acids is 3. The summed E-state index contributed by atoms with van der Waals surface area (Å²) in [4.78, 5) is 33.2. The van der Waals surface area contributed by atoms with Crippen LogP contribution in [-0.2, 0) is 19.1 Å². The standard InChI is InChI=1S/C9H11NO5/c1-5(11)4-9(14)6(15-2)3-7(12)10-8(9)13/h3,14H,4H2,1-2H3,(H,10,12,13). The van der Waals surface area contributed by atoms with E-state index in [0.717, 1.165) is 6.08 Å². The highest BCUT2D eigenvalue weighted by atomic mass is 16.5. The van der Waals surface area contributed by atoms with Gasteiger partial charge in [-0.05, 0) is 6.92 Å². The molecule has 0 radical (unpaired) electrons. The number of amides is 2. The minimum absolute atomic E-state index is 0.216. The summed E-state index contributed by atoms with van der Waals surface area (Å²) in [6.07, 6.45) is 0.524. The van der Waals surface area contributed by atoms with Gasteiger partial charge in [0, 0.05) is 6.08 Å². The van der Waals surface area contributed by atoms with Crippen LogP contribution < -0.4 is 5.32 Å². The first-order chi connectivity index (χ1) is 6.90. The number of rotatable bonds is 3. The molecule has 0 saturated heterocycles. The molecule has 0 aliphatic carbocycles. The molecular weight excluding hydrogens is 202 g/mol. The Labute approximate surface area is 85.9 Å². The fourth-order valence-electron chi connectivity index (χ4n) is 1.36. The van der Waals surface area contributed by atoms with E-state index in [4.69, 9.17) is 4.74 Å².